The number of hydrogen-bond donors (Lipinski definition) is 0. The van der Waals surface area contributed by atoms with E-state index in [1.807, 2.05) is 30.3 Å². The van der Waals surface area contributed by atoms with E-state index >= 15 is 0 Å². The zero-order valence-electron chi connectivity index (χ0n) is 10.7. The standard InChI is InChI=1S/C17H16O/c1-13-8-10-16(11-9-13)17(12-14(2)18)15-6-4-3-5-7-15/h3-12H,1-2H3/b17-12-. The van der Waals surface area contributed by atoms with Crippen molar-refractivity contribution in [1.29, 1.82) is 0 Å². The summed E-state index contributed by atoms with van der Waals surface area (Å²) in [4.78, 5) is 11.4. The zero-order chi connectivity index (χ0) is 13.0. The van der Waals surface area contributed by atoms with Gasteiger partial charge in [0.1, 0.15) is 0 Å². The van der Waals surface area contributed by atoms with Gasteiger partial charge < -0.3 is 0 Å². The van der Waals surface area contributed by atoms with Gasteiger partial charge >= 0.3 is 0 Å². The first-order chi connectivity index (χ1) is 8.66. The average molecular weight is 236 g/mol. The van der Waals surface area contributed by atoms with Gasteiger partial charge in [-0.15, -0.1) is 0 Å². The van der Waals surface area contributed by atoms with E-state index in [0.717, 1.165) is 16.7 Å². The van der Waals surface area contributed by atoms with Gasteiger partial charge in [0.2, 0.25) is 0 Å². The number of allylic oxidation sites excluding steroid dienone is 1. The van der Waals surface area contributed by atoms with E-state index in [4.69, 9.17) is 0 Å². The van der Waals surface area contributed by atoms with Gasteiger partial charge in [-0.3, -0.25) is 4.79 Å². The first kappa shape index (κ1) is 12.3. The predicted octanol–water partition coefficient (Wildman–Crippen LogP) is 4.02. The van der Waals surface area contributed by atoms with Crippen LogP contribution in [0.1, 0.15) is 23.6 Å². The van der Waals surface area contributed by atoms with Crippen LogP contribution in [0.25, 0.3) is 5.57 Å². The van der Waals surface area contributed by atoms with Gasteiger partial charge in [0.05, 0.1) is 0 Å². The molecule has 0 aliphatic rings. The Morgan fingerprint density at radius 2 is 1.44 bits per heavy atom. The Kier molecular flexibility index (Phi) is 3.73. The highest BCUT2D eigenvalue weighted by atomic mass is 16.1. The number of carbonyl (C=O) groups is 1. The molecule has 0 bridgehead atoms. The fourth-order valence-corrected chi connectivity index (χ4v) is 1.89. The first-order valence-electron chi connectivity index (χ1n) is 6.01. The van der Waals surface area contributed by atoms with Crippen LogP contribution in [0.3, 0.4) is 0 Å². The van der Waals surface area contributed by atoms with Gasteiger partial charge in [-0.2, -0.15) is 0 Å². The van der Waals surface area contributed by atoms with Gasteiger partial charge in [0.25, 0.3) is 0 Å². The summed E-state index contributed by atoms with van der Waals surface area (Å²) in [7, 11) is 0. The molecule has 2 aromatic carbocycles. The molecule has 0 amide bonds. The fraction of sp³-hybridized carbons (Fsp3) is 0.118. The van der Waals surface area contributed by atoms with Crippen LogP contribution in [-0.4, -0.2) is 5.78 Å². The average Bonchev–Trinajstić information content (AvgIpc) is 2.38. The summed E-state index contributed by atoms with van der Waals surface area (Å²) in [6.45, 7) is 3.64. The van der Waals surface area contributed by atoms with Gasteiger partial charge in [-0.1, -0.05) is 60.2 Å². The monoisotopic (exact) mass is 236 g/mol. The quantitative estimate of drug-likeness (QED) is 0.736. The zero-order valence-corrected chi connectivity index (χ0v) is 10.7. The maximum Gasteiger partial charge on any atom is 0.153 e. The second-order valence-electron chi connectivity index (χ2n) is 4.40. The topological polar surface area (TPSA) is 17.1 Å². The molecule has 0 unspecified atom stereocenters. The van der Waals surface area contributed by atoms with Crippen molar-refractivity contribution in [2.24, 2.45) is 0 Å². The van der Waals surface area contributed by atoms with Crippen molar-refractivity contribution in [2.45, 2.75) is 13.8 Å². The lowest BCUT2D eigenvalue weighted by molar-refractivity contribution is -0.112. The molecular formula is C17H16O. The van der Waals surface area contributed by atoms with Crippen molar-refractivity contribution in [3.63, 3.8) is 0 Å². The molecule has 1 heteroatoms. The molecule has 0 fully saturated rings. The minimum atomic E-state index is 0.0643. The molecule has 0 heterocycles. The molecule has 0 atom stereocenters. The number of aryl methyl sites for hydroxylation is 1. The van der Waals surface area contributed by atoms with Crippen molar-refractivity contribution < 1.29 is 4.79 Å². The molecule has 2 aromatic rings. The fourth-order valence-electron chi connectivity index (χ4n) is 1.89. The highest BCUT2D eigenvalue weighted by Crippen LogP contribution is 2.23. The highest BCUT2D eigenvalue weighted by molar-refractivity contribution is 5.99. The normalized spacial score (nSPS) is 11.3. The maximum atomic E-state index is 11.4. The molecule has 0 aliphatic heterocycles. The van der Waals surface area contributed by atoms with Crippen molar-refractivity contribution in [3.05, 3.63) is 77.4 Å². The lowest BCUT2D eigenvalue weighted by Gasteiger charge is -2.08. The van der Waals surface area contributed by atoms with Crippen LogP contribution in [0.4, 0.5) is 0 Å². The van der Waals surface area contributed by atoms with E-state index in [2.05, 4.69) is 31.2 Å². The Balaban J connectivity index is 2.51. The number of benzene rings is 2. The van der Waals surface area contributed by atoms with Gasteiger partial charge in [0, 0.05) is 0 Å². The Labute approximate surface area is 108 Å². The lowest BCUT2D eigenvalue weighted by Crippen LogP contribution is -1.92. The third kappa shape index (κ3) is 2.95. The predicted molar refractivity (Wildman–Crippen MR) is 75.4 cm³/mol. The smallest absolute Gasteiger partial charge is 0.153 e. The molecule has 90 valence electrons. The summed E-state index contributed by atoms with van der Waals surface area (Å²) in [5, 5.41) is 0. The van der Waals surface area contributed by atoms with Crippen LogP contribution in [-0.2, 0) is 4.79 Å². The van der Waals surface area contributed by atoms with Crippen LogP contribution in [0.5, 0.6) is 0 Å². The third-order valence-electron chi connectivity index (χ3n) is 2.79. The van der Waals surface area contributed by atoms with Crippen molar-refractivity contribution in [3.8, 4) is 0 Å². The molecule has 0 aromatic heterocycles. The highest BCUT2D eigenvalue weighted by Gasteiger charge is 2.05. The summed E-state index contributed by atoms with van der Waals surface area (Å²) in [6, 6.07) is 18.2. The summed E-state index contributed by atoms with van der Waals surface area (Å²) in [5.74, 6) is 0.0643. The summed E-state index contributed by atoms with van der Waals surface area (Å²) >= 11 is 0. The summed E-state index contributed by atoms with van der Waals surface area (Å²) in [5.41, 5.74) is 4.33. The van der Waals surface area contributed by atoms with Crippen LogP contribution < -0.4 is 0 Å². The lowest BCUT2D eigenvalue weighted by atomic mass is 9.96. The van der Waals surface area contributed by atoms with E-state index < -0.39 is 0 Å². The second-order valence-corrected chi connectivity index (χ2v) is 4.40. The van der Waals surface area contributed by atoms with E-state index in [-0.39, 0.29) is 5.78 Å². The van der Waals surface area contributed by atoms with Gasteiger partial charge in [-0.05, 0) is 36.6 Å². The van der Waals surface area contributed by atoms with Gasteiger partial charge in [0.15, 0.2) is 5.78 Å². The largest absolute Gasteiger partial charge is 0.295 e. The van der Waals surface area contributed by atoms with Crippen LogP contribution in [0.15, 0.2) is 60.7 Å². The minimum Gasteiger partial charge on any atom is -0.295 e. The molecular weight excluding hydrogens is 220 g/mol. The molecule has 0 aliphatic carbocycles. The Hall–Kier alpha value is -2.15. The minimum absolute atomic E-state index is 0.0643. The molecule has 0 radical (unpaired) electrons. The first-order valence-corrected chi connectivity index (χ1v) is 6.01. The van der Waals surface area contributed by atoms with Crippen molar-refractivity contribution in [1.82, 2.24) is 0 Å². The molecule has 1 nitrogen and oxygen atoms in total. The van der Waals surface area contributed by atoms with E-state index in [1.54, 1.807) is 13.0 Å². The second kappa shape index (κ2) is 5.46. The van der Waals surface area contributed by atoms with E-state index in [9.17, 15) is 4.79 Å². The molecule has 18 heavy (non-hydrogen) atoms. The molecule has 0 saturated heterocycles. The Bertz CT molecular complexity index is 562. The van der Waals surface area contributed by atoms with Crippen LogP contribution in [0, 0.1) is 6.92 Å². The van der Waals surface area contributed by atoms with Crippen molar-refractivity contribution >= 4 is 11.4 Å². The van der Waals surface area contributed by atoms with Crippen LogP contribution >= 0.6 is 0 Å². The number of hydrogen-bond acceptors (Lipinski definition) is 1. The third-order valence-corrected chi connectivity index (χ3v) is 2.79. The number of carbonyl (C=O) groups excluding carboxylic acids is 1. The molecule has 2 rings (SSSR count). The SMILES string of the molecule is CC(=O)/C=C(/c1ccccc1)c1ccc(C)cc1. The molecule has 0 spiro atoms. The molecule has 0 saturated carbocycles. The summed E-state index contributed by atoms with van der Waals surface area (Å²) in [6.07, 6.45) is 1.69. The maximum absolute atomic E-state index is 11.4. The van der Waals surface area contributed by atoms with Gasteiger partial charge in [-0.25, -0.2) is 0 Å². The Morgan fingerprint density at radius 3 is 2.00 bits per heavy atom. The number of rotatable bonds is 3. The summed E-state index contributed by atoms with van der Waals surface area (Å²) < 4.78 is 0. The van der Waals surface area contributed by atoms with E-state index in [0.29, 0.717) is 0 Å². The Morgan fingerprint density at radius 1 is 0.889 bits per heavy atom. The van der Waals surface area contributed by atoms with Crippen LogP contribution in [0.2, 0.25) is 0 Å². The number of ketones is 1. The van der Waals surface area contributed by atoms with Crippen molar-refractivity contribution in [2.75, 3.05) is 0 Å². The molecule has 0 N–H and O–H groups in total. The van der Waals surface area contributed by atoms with E-state index in [1.165, 1.54) is 5.56 Å².